The summed E-state index contributed by atoms with van der Waals surface area (Å²) in [6.45, 7) is 1.21. The lowest BCUT2D eigenvalue weighted by Gasteiger charge is -2.36. The number of hydrogen-bond acceptors (Lipinski definition) is 10. The van der Waals surface area contributed by atoms with Crippen molar-refractivity contribution in [3.05, 3.63) is 80.4 Å². The summed E-state index contributed by atoms with van der Waals surface area (Å²) in [5.74, 6) is -1.03. The van der Waals surface area contributed by atoms with E-state index in [2.05, 4.69) is 20.3 Å². The molecule has 0 saturated carbocycles. The zero-order chi connectivity index (χ0) is 27.5. The van der Waals surface area contributed by atoms with Gasteiger partial charge in [0.25, 0.3) is 0 Å². The van der Waals surface area contributed by atoms with Crippen LogP contribution >= 0.6 is 22.9 Å². The summed E-state index contributed by atoms with van der Waals surface area (Å²) in [6.07, 6.45) is 5.91. The number of nitrogens with one attached hydrogen (secondary N) is 1. The molecule has 4 heterocycles. The van der Waals surface area contributed by atoms with Gasteiger partial charge in [0.15, 0.2) is 10.8 Å². The van der Waals surface area contributed by atoms with Crippen LogP contribution in [0, 0.1) is 11.7 Å². The van der Waals surface area contributed by atoms with Crippen LogP contribution in [0.3, 0.4) is 0 Å². The van der Waals surface area contributed by atoms with Crippen molar-refractivity contribution in [1.29, 1.82) is 0 Å². The largest absolute Gasteiger partial charge is 0.481 e. The molecule has 39 heavy (non-hydrogen) atoms. The number of allylic oxidation sites excluding steroid dienone is 1. The smallest absolute Gasteiger partial charge is 0.338 e. The van der Waals surface area contributed by atoms with E-state index >= 15 is 0 Å². The molecular weight excluding hydrogens is 547 g/mol. The maximum absolute atomic E-state index is 13.9. The number of ether oxygens (including phenoxy) is 1. The monoisotopic (exact) mass is 570 g/mol. The van der Waals surface area contributed by atoms with Crippen LogP contribution in [0.5, 0.6) is 0 Å². The second-order valence-electron chi connectivity index (χ2n) is 9.05. The fraction of sp³-hybridized carbons (Fsp3) is 0.308. The van der Waals surface area contributed by atoms with E-state index in [1.165, 1.54) is 49.0 Å². The number of hydrogen-bond donors (Lipinski definition) is 2. The molecular formula is C26H24ClFN6O4S. The van der Waals surface area contributed by atoms with Crippen molar-refractivity contribution in [2.45, 2.75) is 25.3 Å². The Bertz CT molecular complexity index is 1440. The van der Waals surface area contributed by atoms with E-state index in [4.69, 9.17) is 26.4 Å². The van der Waals surface area contributed by atoms with Crippen LogP contribution in [0.2, 0.25) is 5.02 Å². The third-order valence-electron chi connectivity index (χ3n) is 6.61. The first kappa shape index (κ1) is 26.7. The van der Waals surface area contributed by atoms with Crippen LogP contribution in [0.15, 0.2) is 58.4 Å². The fourth-order valence-electron chi connectivity index (χ4n) is 4.76. The molecule has 1 fully saturated rings. The topological polar surface area (TPSA) is 130 Å². The molecule has 1 unspecified atom stereocenters. The Labute approximate surface area is 232 Å². The quantitative estimate of drug-likeness (QED) is 0.407. The minimum Gasteiger partial charge on any atom is -0.481 e. The van der Waals surface area contributed by atoms with Gasteiger partial charge in [-0.15, -0.1) is 11.3 Å². The van der Waals surface area contributed by atoms with Crippen LogP contribution in [-0.4, -0.2) is 58.0 Å². The number of carboxylic acid groups (broad SMARTS) is 1. The van der Waals surface area contributed by atoms with Crippen LogP contribution in [0.1, 0.15) is 35.0 Å². The summed E-state index contributed by atoms with van der Waals surface area (Å²) in [5.41, 5.74) is 2.00. The van der Waals surface area contributed by atoms with E-state index in [9.17, 15) is 14.0 Å². The fourth-order valence-corrected chi connectivity index (χ4v) is 5.62. The molecule has 0 radical (unpaired) electrons. The van der Waals surface area contributed by atoms with Gasteiger partial charge in [0, 0.05) is 64.8 Å². The lowest BCUT2D eigenvalue weighted by Crippen LogP contribution is -2.42. The average molecular weight is 571 g/mol. The molecule has 2 aliphatic heterocycles. The van der Waals surface area contributed by atoms with Gasteiger partial charge in [-0.05, 0) is 25.0 Å². The van der Waals surface area contributed by atoms with E-state index in [0.29, 0.717) is 65.1 Å². The van der Waals surface area contributed by atoms with E-state index in [1.807, 2.05) is 10.3 Å². The molecule has 0 bridgehead atoms. The number of amidine groups is 1. The van der Waals surface area contributed by atoms with Gasteiger partial charge in [0.2, 0.25) is 5.95 Å². The number of esters is 1. The average Bonchev–Trinajstić information content (AvgIpc) is 3.48. The van der Waals surface area contributed by atoms with Crippen molar-refractivity contribution in [2.75, 3.05) is 25.1 Å². The molecule has 10 nitrogen and oxygen atoms in total. The molecule has 1 saturated heterocycles. The second kappa shape index (κ2) is 11.5. The predicted octanol–water partition coefficient (Wildman–Crippen LogP) is 3.79. The first-order chi connectivity index (χ1) is 18.8. The minimum atomic E-state index is -0.942. The summed E-state index contributed by atoms with van der Waals surface area (Å²) in [7, 11) is 1.31. The summed E-state index contributed by atoms with van der Waals surface area (Å²) >= 11 is 7.84. The standard InChI is InChI=1S/C26H24ClFN6O4S/c1-38-25(37)20-21(15-4-7-34(8-5-15)26-30-12-14(13-31-26)10-19(35)36)32-23(24-29-6-9-39-24)33-22(20)17-3-2-16(28)11-18(17)27/h2-3,6,9,11-13,15,22H,4-5,7-8,10H2,1H3,(H,32,33)(H,35,36). The summed E-state index contributed by atoms with van der Waals surface area (Å²) in [5, 5.41) is 15.0. The van der Waals surface area contributed by atoms with E-state index < -0.39 is 23.8 Å². The second-order valence-corrected chi connectivity index (χ2v) is 10.4. The minimum absolute atomic E-state index is 0.0613. The molecule has 0 spiro atoms. The Morgan fingerprint density at radius 1 is 1.23 bits per heavy atom. The number of thiazole rings is 1. The highest BCUT2D eigenvalue weighted by Gasteiger charge is 2.37. The van der Waals surface area contributed by atoms with Gasteiger partial charge in [-0.25, -0.2) is 24.1 Å². The number of benzene rings is 1. The maximum Gasteiger partial charge on any atom is 0.338 e. The first-order valence-electron chi connectivity index (χ1n) is 12.1. The molecule has 2 aromatic heterocycles. The van der Waals surface area contributed by atoms with Gasteiger partial charge in [0.05, 0.1) is 19.1 Å². The highest BCUT2D eigenvalue weighted by atomic mass is 35.5. The third kappa shape index (κ3) is 5.76. The van der Waals surface area contributed by atoms with Crippen molar-refractivity contribution in [2.24, 2.45) is 10.9 Å². The van der Waals surface area contributed by atoms with Crippen molar-refractivity contribution in [3.63, 3.8) is 0 Å². The number of anilines is 1. The van der Waals surface area contributed by atoms with Gasteiger partial charge < -0.3 is 20.1 Å². The number of piperidine rings is 1. The van der Waals surface area contributed by atoms with Crippen LogP contribution in [0.4, 0.5) is 10.3 Å². The lowest BCUT2D eigenvalue weighted by atomic mass is 9.85. The van der Waals surface area contributed by atoms with Crippen molar-refractivity contribution in [3.8, 4) is 0 Å². The SMILES string of the molecule is COC(=O)C1=C(C2CCN(c3ncc(CC(=O)O)cn3)CC2)NC(c2nccs2)=NC1c1ccc(F)cc1Cl. The van der Waals surface area contributed by atoms with Crippen LogP contribution < -0.4 is 10.2 Å². The lowest BCUT2D eigenvalue weighted by molar-refractivity contribution is -0.137. The molecule has 0 amide bonds. The zero-order valence-electron chi connectivity index (χ0n) is 20.8. The number of methoxy groups -OCH3 is 1. The molecule has 5 rings (SSSR count). The number of aromatic nitrogens is 3. The molecule has 3 aromatic rings. The molecule has 1 aromatic carbocycles. The molecule has 202 valence electrons. The van der Waals surface area contributed by atoms with Gasteiger partial charge in [-0.3, -0.25) is 9.79 Å². The Balaban J connectivity index is 1.46. The maximum atomic E-state index is 13.9. The number of carbonyl (C=O) groups excluding carboxylic acids is 1. The summed E-state index contributed by atoms with van der Waals surface area (Å²) < 4.78 is 19.0. The van der Waals surface area contributed by atoms with Gasteiger partial charge in [-0.1, -0.05) is 17.7 Å². The Kier molecular flexibility index (Phi) is 7.84. The number of aliphatic imine (C=N–C) groups is 1. The zero-order valence-corrected chi connectivity index (χ0v) is 22.4. The Morgan fingerprint density at radius 3 is 2.59 bits per heavy atom. The predicted molar refractivity (Wildman–Crippen MR) is 143 cm³/mol. The summed E-state index contributed by atoms with van der Waals surface area (Å²) in [6, 6.07) is 3.21. The Morgan fingerprint density at radius 2 is 1.97 bits per heavy atom. The number of carboxylic acids is 1. The Hall–Kier alpha value is -3.90. The number of aliphatic carboxylic acids is 1. The molecule has 1 atom stereocenters. The highest BCUT2D eigenvalue weighted by molar-refractivity contribution is 7.11. The third-order valence-corrected chi connectivity index (χ3v) is 7.71. The van der Waals surface area contributed by atoms with E-state index in [0.717, 1.165) is 0 Å². The molecule has 0 aliphatic carbocycles. The van der Waals surface area contributed by atoms with E-state index in [-0.39, 0.29) is 17.4 Å². The van der Waals surface area contributed by atoms with Crippen molar-refractivity contribution >= 4 is 46.7 Å². The number of halogens is 2. The number of rotatable bonds is 7. The van der Waals surface area contributed by atoms with E-state index in [1.54, 1.807) is 6.20 Å². The van der Waals surface area contributed by atoms with Gasteiger partial charge in [0.1, 0.15) is 11.9 Å². The van der Waals surface area contributed by atoms with Crippen molar-refractivity contribution in [1.82, 2.24) is 20.3 Å². The van der Waals surface area contributed by atoms with Gasteiger partial charge in [-0.2, -0.15) is 0 Å². The van der Waals surface area contributed by atoms with Crippen LogP contribution in [0.25, 0.3) is 0 Å². The van der Waals surface area contributed by atoms with Crippen molar-refractivity contribution < 1.29 is 23.8 Å². The normalized spacial score (nSPS) is 18.0. The number of carbonyl (C=O) groups is 2. The first-order valence-corrected chi connectivity index (χ1v) is 13.4. The molecule has 2 N–H and O–H groups in total. The molecule has 13 heteroatoms. The van der Waals surface area contributed by atoms with Crippen LogP contribution in [-0.2, 0) is 20.7 Å². The highest BCUT2D eigenvalue weighted by Crippen LogP contribution is 2.40. The molecule has 2 aliphatic rings. The number of nitrogens with zero attached hydrogens (tertiary/aromatic N) is 5. The summed E-state index contributed by atoms with van der Waals surface area (Å²) in [4.78, 5) is 44.0. The van der Waals surface area contributed by atoms with Gasteiger partial charge >= 0.3 is 11.9 Å².